The van der Waals surface area contributed by atoms with Crippen LogP contribution in [-0.2, 0) is 0 Å². The lowest BCUT2D eigenvalue weighted by molar-refractivity contribution is 0.348. The highest BCUT2D eigenvalue weighted by Crippen LogP contribution is 2.11. The van der Waals surface area contributed by atoms with Crippen LogP contribution in [-0.4, -0.2) is 19.7 Å². The van der Waals surface area contributed by atoms with Crippen molar-refractivity contribution in [3.05, 3.63) is 42.2 Å². The van der Waals surface area contributed by atoms with Gasteiger partial charge in [-0.2, -0.15) is 0 Å². The van der Waals surface area contributed by atoms with Gasteiger partial charge in [0.15, 0.2) is 0 Å². The van der Waals surface area contributed by atoms with Gasteiger partial charge in [0.25, 0.3) is 0 Å². The number of likely N-dealkylation sites (N-methyl/N-ethyl adjacent to an activating group) is 1. The topological polar surface area (TPSA) is 21.3 Å². The van der Waals surface area contributed by atoms with Crippen molar-refractivity contribution >= 4 is 0 Å². The lowest BCUT2D eigenvalue weighted by Crippen LogP contribution is -2.18. The fourth-order valence-electron chi connectivity index (χ4n) is 1.07. The van der Waals surface area contributed by atoms with Gasteiger partial charge in [0.2, 0.25) is 0 Å². The van der Waals surface area contributed by atoms with E-state index in [4.69, 9.17) is 4.74 Å². The van der Waals surface area contributed by atoms with Crippen LogP contribution in [0.4, 0.5) is 4.39 Å². The van der Waals surface area contributed by atoms with Gasteiger partial charge in [-0.05, 0) is 36.4 Å². The third kappa shape index (κ3) is 4.61. The predicted octanol–water partition coefficient (Wildman–Crippen LogP) is 2.37. The monoisotopic (exact) mass is 209 g/mol. The normalized spacial score (nSPS) is 10.0. The number of hydrogen-bond donors (Lipinski definition) is 1. The number of ether oxygens (including phenoxy) is 1. The van der Waals surface area contributed by atoms with Gasteiger partial charge in [0, 0.05) is 6.54 Å². The maximum atomic E-state index is 12.6. The highest BCUT2D eigenvalue weighted by atomic mass is 19.1. The fraction of sp³-hybridized carbons (Fsp3) is 0.333. The molecule has 1 aromatic rings. The molecule has 0 aliphatic carbocycles. The number of nitrogens with one attached hydrogen (secondary N) is 1. The van der Waals surface area contributed by atoms with Gasteiger partial charge in [-0.3, -0.25) is 0 Å². The fourth-order valence-corrected chi connectivity index (χ4v) is 1.07. The van der Waals surface area contributed by atoms with Crippen molar-refractivity contribution in [1.29, 1.82) is 0 Å². The van der Waals surface area contributed by atoms with E-state index >= 15 is 0 Å². The van der Waals surface area contributed by atoms with Crippen molar-refractivity contribution in [2.75, 3.05) is 19.7 Å². The first kappa shape index (κ1) is 11.7. The Bertz CT molecular complexity index is 308. The first-order chi connectivity index (χ1) is 7.22. The van der Waals surface area contributed by atoms with Gasteiger partial charge in [-0.1, -0.05) is 13.5 Å². The highest BCUT2D eigenvalue weighted by molar-refractivity contribution is 5.22. The second-order valence-electron chi connectivity index (χ2n) is 3.27. The summed E-state index contributed by atoms with van der Waals surface area (Å²) in [5, 5.41) is 3.15. The van der Waals surface area contributed by atoms with Crippen LogP contribution in [0.2, 0.25) is 0 Å². The molecule has 1 rings (SSSR count). The quantitative estimate of drug-likeness (QED) is 0.726. The van der Waals surface area contributed by atoms with E-state index in [0.717, 1.165) is 18.7 Å². The van der Waals surface area contributed by atoms with Crippen LogP contribution in [0.25, 0.3) is 0 Å². The summed E-state index contributed by atoms with van der Waals surface area (Å²) in [6.45, 7) is 8.02. The van der Waals surface area contributed by atoms with Crippen molar-refractivity contribution in [2.45, 2.75) is 6.92 Å². The summed E-state index contributed by atoms with van der Waals surface area (Å²) < 4.78 is 18.0. The number of halogens is 1. The molecular formula is C12H16FNO. The van der Waals surface area contributed by atoms with Gasteiger partial charge in [-0.25, -0.2) is 4.39 Å². The Labute approximate surface area is 89.8 Å². The summed E-state index contributed by atoms with van der Waals surface area (Å²) in [7, 11) is 0. The van der Waals surface area contributed by atoms with E-state index in [9.17, 15) is 4.39 Å². The Morgan fingerprint density at radius 2 is 2.07 bits per heavy atom. The molecule has 2 nitrogen and oxygen atoms in total. The minimum atomic E-state index is -0.256. The summed E-state index contributed by atoms with van der Waals surface area (Å²) in [5.74, 6) is 0.405. The van der Waals surface area contributed by atoms with E-state index < -0.39 is 0 Å². The molecule has 0 aromatic heterocycles. The number of benzene rings is 1. The van der Waals surface area contributed by atoms with Crippen LogP contribution in [0.15, 0.2) is 36.4 Å². The van der Waals surface area contributed by atoms with Crippen LogP contribution in [0.5, 0.6) is 5.75 Å². The van der Waals surface area contributed by atoms with Crippen molar-refractivity contribution < 1.29 is 9.13 Å². The van der Waals surface area contributed by atoms with E-state index in [1.54, 1.807) is 12.1 Å². The lowest BCUT2D eigenvalue weighted by Gasteiger charge is -2.08. The maximum Gasteiger partial charge on any atom is 0.123 e. The van der Waals surface area contributed by atoms with Gasteiger partial charge in [0.1, 0.15) is 18.2 Å². The summed E-state index contributed by atoms with van der Waals surface area (Å²) in [6.07, 6.45) is 0. The van der Waals surface area contributed by atoms with Crippen molar-refractivity contribution in [2.24, 2.45) is 0 Å². The van der Waals surface area contributed by atoms with E-state index in [1.165, 1.54) is 12.1 Å². The summed E-state index contributed by atoms with van der Waals surface area (Å²) >= 11 is 0. The second kappa shape index (κ2) is 6.19. The molecule has 0 saturated carbocycles. The van der Waals surface area contributed by atoms with E-state index in [0.29, 0.717) is 12.4 Å². The van der Waals surface area contributed by atoms with E-state index in [1.807, 2.05) is 6.92 Å². The van der Waals surface area contributed by atoms with E-state index in [2.05, 4.69) is 11.9 Å². The predicted molar refractivity (Wildman–Crippen MR) is 59.6 cm³/mol. The first-order valence-corrected chi connectivity index (χ1v) is 4.98. The zero-order valence-corrected chi connectivity index (χ0v) is 8.92. The van der Waals surface area contributed by atoms with Crippen LogP contribution >= 0.6 is 0 Å². The molecular weight excluding hydrogens is 193 g/mol. The molecule has 0 amide bonds. The van der Waals surface area contributed by atoms with Gasteiger partial charge in [0.05, 0.1) is 0 Å². The Morgan fingerprint density at radius 3 is 2.67 bits per heavy atom. The van der Waals surface area contributed by atoms with Crippen LogP contribution in [0, 0.1) is 5.82 Å². The second-order valence-corrected chi connectivity index (χ2v) is 3.27. The largest absolute Gasteiger partial charge is 0.489 e. The molecule has 0 radical (unpaired) electrons. The van der Waals surface area contributed by atoms with Crippen LogP contribution in [0.3, 0.4) is 0 Å². The molecule has 0 aliphatic heterocycles. The molecule has 82 valence electrons. The lowest BCUT2D eigenvalue weighted by atomic mass is 10.3. The molecule has 15 heavy (non-hydrogen) atoms. The molecule has 0 saturated heterocycles. The first-order valence-electron chi connectivity index (χ1n) is 4.98. The SMILES string of the molecule is C=C(CNCC)COc1ccc(F)cc1. The molecule has 0 bridgehead atoms. The molecule has 0 heterocycles. The molecule has 3 heteroatoms. The molecule has 0 fully saturated rings. The molecule has 0 aliphatic rings. The maximum absolute atomic E-state index is 12.6. The standard InChI is InChI=1S/C12H16FNO/c1-3-14-8-10(2)9-15-12-6-4-11(13)5-7-12/h4-7,14H,2-3,8-9H2,1H3. The minimum Gasteiger partial charge on any atom is -0.489 e. The average molecular weight is 209 g/mol. The molecule has 0 unspecified atom stereocenters. The third-order valence-electron chi connectivity index (χ3n) is 1.88. The molecule has 0 atom stereocenters. The Balaban J connectivity index is 2.30. The van der Waals surface area contributed by atoms with E-state index in [-0.39, 0.29) is 5.82 Å². The smallest absolute Gasteiger partial charge is 0.123 e. The number of rotatable bonds is 6. The molecule has 0 spiro atoms. The van der Waals surface area contributed by atoms with Crippen LogP contribution in [0.1, 0.15) is 6.92 Å². The highest BCUT2D eigenvalue weighted by Gasteiger charge is 1.97. The molecule has 1 N–H and O–H groups in total. The Kier molecular flexibility index (Phi) is 4.84. The average Bonchev–Trinajstić information content (AvgIpc) is 2.25. The van der Waals surface area contributed by atoms with Gasteiger partial charge in [-0.15, -0.1) is 0 Å². The van der Waals surface area contributed by atoms with Crippen molar-refractivity contribution in [3.63, 3.8) is 0 Å². The molecule has 1 aromatic carbocycles. The third-order valence-corrected chi connectivity index (χ3v) is 1.88. The summed E-state index contributed by atoms with van der Waals surface area (Å²) in [5.41, 5.74) is 0.973. The van der Waals surface area contributed by atoms with Crippen LogP contribution < -0.4 is 10.1 Å². The Hall–Kier alpha value is -1.35. The van der Waals surface area contributed by atoms with Crippen molar-refractivity contribution in [3.8, 4) is 5.75 Å². The Morgan fingerprint density at radius 1 is 1.40 bits per heavy atom. The zero-order chi connectivity index (χ0) is 11.1. The van der Waals surface area contributed by atoms with Gasteiger partial charge >= 0.3 is 0 Å². The van der Waals surface area contributed by atoms with Crippen molar-refractivity contribution in [1.82, 2.24) is 5.32 Å². The minimum absolute atomic E-state index is 0.256. The zero-order valence-electron chi connectivity index (χ0n) is 8.92. The summed E-state index contributed by atoms with van der Waals surface area (Å²) in [4.78, 5) is 0. The van der Waals surface area contributed by atoms with Gasteiger partial charge < -0.3 is 10.1 Å². The number of hydrogen-bond acceptors (Lipinski definition) is 2. The summed E-state index contributed by atoms with van der Waals surface area (Å²) in [6, 6.07) is 5.97.